The summed E-state index contributed by atoms with van der Waals surface area (Å²) >= 11 is 0. The Balaban J connectivity index is 2.31. The van der Waals surface area contributed by atoms with Crippen LogP contribution in [0.1, 0.15) is 37.0 Å². The summed E-state index contributed by atoms with van der Waals surface area (Å²) < 4.78 is 13.9. The fourth-order valence-electron chi connectivity index (χ4n) is 2.33. The Bertz CT molecular complexity index is 461. The van der Waals surface area contributed by atoms with Crippen molar-refractivity contribution in [2.45, 2.75) is 32.3 Å². The summed E-state index contributed by atoms with van der Waals surface area (Å²) in [5.41, 5.74) is 0.107. The van der Waals surface area contributed by atoms with Crippen LogP contribution in [0.4, 0.5) is 10.1 Å². The van der Waals surface area contributed by atoms with Gasteiger partial charge in [0.15, 0.2) is 5.78 Å². The van der Waals surface area contributed by atoms with Gasteiger partial charge in [0.25, 0.3) is 0 Å². The van der Waals surface area contributed by atoms with Crippen molar-refractivity contribution in [3.63, 3.8) is 0 Å². The van der Waals surface area contributed by atoms with Crippen LogP contribution in [-0.2, 0) is 0 Å². The van der Waals surface area contributed by atoms with Gasteiger partial charge in [-0.1, -0.05) is 6.07 Å². The third-order valence-electron chi connectivity index (χ3n) is 3.52. The Kier molecular flexibility index (Phi) is 3.39. The Morgan fingerprint density at radius 2 is 2.00 bits per heavy atom. The molecule has 0 unspecified atom stereocenters. The number of carbonyl (C=O) groups is 1. The zero-order valence-corrected chi connectivity index (χ0v) is 10.7. The van der Waals surface area contributed by atoms with E-state index in [0.29, 0.717) is 37.2 Å². The van der Waals surface area contributed by atoms with E-state index in [1.165, 1.54) is 13.0 Å². The van der Waals surface area contributed by atoms with Gasteiger partial charge in [0, 0.05) is 18.7 Å². The Labute approximate surface area is 106 Å². The zero-order chi connectivity index (χ0) is 13.3. The SMILES string of the molecule is CC(=O)c1cccc(F)c1N1CCC(C)(O)CC1. The number of anilines is 1. The zero-order valence-electron chi connectivity index (χ0n) is 10.7. The van der Waals surface area contributed by atoms with Crippen molar-refractivity contribution in [2.24, 2.45) is 0 Å². The van der Waals surface area contributed by atoms with E-state index in [9.17, 15) is 14.3 Å². The molecule has 0 spiro atoms. The molecule has 98 valence electrons. The number of para-hydroxylation sites is 1. The lowest BCUT2D eigenvalue weighted by molar-refractivity contribution is 0.0350. The number of Topliss-reactive ketones (excluding diaryl/α,β-unsaturated/α-hetero) is 1. The second kappa shape index (κ2) is 4.69. The lowest BCUT2D eigenvalue weighted by Crippen LogP contribution is -2.43. The van der Waals surface area contributed by atoms with Gasteiger partial charge < -0.3 is 10.0 Å². The van der Waals surface area contributed by atoms with Gasteiger partial charge in [-0.15, -0.1) is 0 Å². The van der Waals surface area contributed by atoms with Crippen LogP contribution < -0.4 is 4.90 Å². The molecule has 0 amide bonds. The molecule has 3 nitrogen and oxygen atoms in total. The number of aliphatic hydroxyl groups is 1. The van der Waals surface area contributed by atoms with Gasteiger partial charge in [-0.2, -0.15) is 0 Å². The predicted molar refractivity (Wildman–Crippen MR) is 68.5 cm³/mol. The molecule has 1 heterocycles. The molecule has 2 rings (SSSR count). The lowest BCUT2D eigenvalue weighted by atomic mass is 9.93. The number of rotatable bonds is 2. The number of nitrogens with zero attached hydrogens (tertiary/aromatic N) is 1. The highest BCUT2D eigenvalue weighted by Crippen LogP contribution is 2.30. The molecule has 1 aliphatic rings. The molecule has 1 fully saturated rings. The van der Waals surface area contributed by atoms with Gasteiger partial charge in [-0.25, -0.2) is 4.39 Å². The summed E-state index contributed by atoms with van der Waals surface area (Å²) in [6.45, 7) is 4.36. The molecule has 0 atom stereocenters. The maximum Gasteiger partial charge on any atom is 0.161 e. The maximum atomic E-state index is 13.9. The molecule has 1 N–H and O–H groups in total. The van der Waals surface area contributed by atoms with E-state index >= 15 is 0 Å². The Hall–Kier alpha value is -1.42. The van der Waals surface area contributed by atoms with Crippen molar-refractivity contribution >= 4 is 11.5 Å². The fraction of sp³-hybridized carbons (Fsp3) is 0.500. The number of halogens is 1. The normalized spacial score (nSPS) is 18.8. The highest BCUT2D eigenvalue weighted by atomic mass is 19.1. The van der Waals surface area contributed by atoms with Crippen LogP contribution in [0.25, 0.3) is 0 Å². The van der Waals surface area contributed by atoms with Gasteiger partial charge in [0.05, 0.1) is 11.3 Å². The summed E-state index contributed by atoms with van der Waals surface area (Å²) in [6.07, 6.45) is 1.16. The number of benzene rings is 1. The van der Waals surface area contributed by atoms with Gasteiger partial charge in [0.2, 0.25) is 0 Å². The number of carbonyl (C=O) groups excluding carboxylic acids is 1. The number of piperidine rings is 1. The van der Waals surface area contributed by atoms with Crippen molar-refractivity contribution in [3.05, 3.63) is 29.6 Å². The molecule has 0 saturated carbocycles. The van der Waals surface area contributed by atoms with Crippen molar-refractivity contribution in [3.8, 4) is 0 Å². The number of ketones is 1. The van der Waals surface area contributed by atoms with Crippen LogP contribution >= 0.6 is 0 Å². The van der Waals surface area contributed by atoms with Crippen LogP contribution in [0.5, 0.6) is 0 Å². The molecule has 1 aromatic carbocycles. The first-order chi connectivity index (χ1) is 8.41. The lowest BCUT2D eigenvalue weighted by Gasteiger charge is -2.37. The standard InChI is InChI=1S/C14H18FNO2/c1-10(17)11-4-3-5-12(15)13(11)16-8-6-14(2,18)7-9-16/h3-5,18H,6-9H2,1-2H3. The first-order valence-corrected chi connectivity index (χ1v) is 6.17. The van der Waals surface area contributed by atoms with E-state index in [1.54, 1.807) is 19.1 Å². The largest absolute Gasteiger partial charge is 0.390 e. The molecule has 18 heavy (non-hydrogen) atoms. The molecule has 0 bridgehead atoms. The van der Waals surface area contributed by atoms with Crippen LogP contribution in [0, 0.1) is 5.82 Å². The molecule has 1 aromatic rings. The van der Waals surface area contributed by atoms with E-state index in [0.717, 1.165) is 0 Å². The molecular formula is C14H18FNO2. The summed E-state index contributed by atoms with van der Waals surface area (Å²) in [5.74, 6) is -0.508. The summed E-state index contributed by atoms with van der Waals surface area (Å²) in [4.78, 5) is 13.4. The monoisotopic (exact) mass is 251 g/mol. The first-order valence-electron chi connectivity index (χ1n) is 6.17. The minimum atomic E-state index is -0.682. The predicted octanol–water partition coefficient (Wildman–Crippen LogP) is 2.38. The van der Waals surface area contributed by atoms with Crippen molar-refractivity contribution in [1.82, 2.24) is 0 Å². The number of hydrogen-bond donors (Lipinski definition) is 1. The third-order valence-corrected chi connectivity index (χ3v) is 3.52. The van der Waals surface area contributed by atoms with Crippen LogP contribution in [0.15, 0.2) is 18.2 Å². The second-order valence-corrected chi connectivity index (χ2v) is 5.18. The average molecular weight is 251 g/mol. The highest BCUT2D eigenvalue weighted by Gasteiger charge is 2.29. The van der Waals surface area contributed by atoms with Crippen LogP contribution in [0.3, 0.4) is 0 Å². The first kappa shape index (κ1) is 13.0. The van der Waals surface area contributed by atoms with Crippen molar-refractivity contribution in [2.75, 3.05) is 18.0 Å². The minimum Gasteiger partial charge on any atom is -0.390 e. The molecule has 0 aromatic heterocycles. The maximum absolute atomic E-state index is 13.9. The quantitative estimate of drug-likeness (QED) is 0.820. The van der Waals surface area contributed by atoms with Gasteiger partial charge in [-0.3, -0.25) is 4.79 Å². The molecule has 1 saturated heterocycles. The molecule has 0 radical (unpaired) electrons. The fourth-order valence-corrected chi connectivity index (χ4v) is 2.33. The Morgan fingerprint density at radius 3 is 2.56 bits per heavy atom. The molecule has 4 heteroatoms. The molecule has 0 aliphatic carbocycles. The van der Waals surface area contributed by atoms with Gasteiger partial charge in [-0.05, 0) is 38.8 Å². The topological polar surface area (TPSA) is 40.5 Å². The molecule has 1 aliphatic heterocycles. The van der Waals surface area contributed by atoms with Crippen molar-refractivity contribution in [1.29, 1.82) is 0 Å². The van der Waals surface area contributed by atoms with E-state index in [2.05, 4.69) is 0 Å². The summed E-state index contributed by atoms with van der Waals surface area (Å²) in [5, 5.41) is 9.90. The number of hydrogen-bond acceptors (Lipinski definition) is 3. The second-order valence-electron chi connectivity index (χ2n) is 5.18. The van der Waals surface area contributed by atoms with Crippen LogP contribution in [0.2, 0.25) is 0 Å². The average Bonchev–Trinajstić information content (AvgIpc) is 2.29. The van der Waals surface area contributed by atoms with Crippen LogP contribution in [-0.4, -0.2) is 29.6 Å². The van der Waals surface area contributed by atoms with E-state index in [1.807, 2.05) is 4.90 Å². The van der Waals surface area contributed by atoms with Crippen molar-refractivity contribution < 1.29 is 14.3 Å². The van der Waals surface area contributed by atoms with E-state index < -0.39 is 5.60 Å². The molecular weight excluding hydrogens is 233 g/mol. The summed E-state index contributed by atoms with van der Waals surface area (Å²) in [6, 6.07) is 4.57. The minimum absolute atomic E-state index is 0.137. The third kappa shape index (κ3) is 2.53. The summed E-state index contributed by atoms with van der Waals surface area (Å²) in [7, 11) is 0. The van der Waals surface area contributed by atoms with E-state index in [4.69, 9.17) is 0 Å². The van der Waals surface area contributed by atoms with E-state index in [-0.39, 0.29) is 11.6 Å². The highest BCUT2D eigenvalue weighted by molar-refractivity contribution is 5.99. The smallest absolute Gasteiger partial charge is 0.161 e. The van der Waals surface area contributed by atoms with Gasteiger partial charge in [0.1, 0.15) is 5.82 Å². The van der Waals surface area contributed by atoms with Gasteiger partial charge >= 0.3 is 0 Å². The Morgan fingerprint density at radius 1 is 1.39 bits per heavy atom.